The van der Waals surface area contributed by atoms with Gasteiger partial charge in [0.25, 0.3) is 5.91 Å². The van der Waals surface area contributed by atoms with Gasteiger partial charge >= 0.3 is 6.36 Å². The van der Waals surface area contributed by atoms with Crippen molar-refractivity contribution in [3.05, 3.63) is 58.7 Å². The maximum absolute atomic E-state index is 12.3. The van der Waals surface area contributed by atoms with Crippen LogP contribution in [0.3, 0.4) is 0 Å². The van der Waals surface area contributed by atoms with Crippen LogP contribution in [0.1, 0.15) is 42.5 Å². The average Bonchev–Trinajstić information content (AvgIpc) is 2.65. The Balaban J connectivity index is 2.12. The van der Waals surface area contributed by atoms with Gasteiger partial charge in [-0.3, -0.25) is 4.79 Å². The second-order valence-electron chi connectivity index (χ2n) is 7.65. The maximum Gasteiger partial charge on any atom is 0.573 e. The third-order valence-electron chi connectivity index (χ3n) is 4.66. The molecular formula is C22H25F3N2O4. The molecule has 9 heteroatoms. The van der Waals surface area contributed by atoms with Crippen molar-refractivity contribution < 1.29 is 32.6 Å². The van der Waals surface area contributed by atoms with Crippen molar-refractivity contribution in [2.75, 3.05) is 0 Å². The molecule has 0 aliphatic rings. The van der Waals surface area contributed by atoms with Crippen molar-refractivity contribution in [2.24, 2.45) is 10.9 Å². The van der Waals surface area contributed by atoms with Crippen molar-refractivity contribution in [3.8, 4) is 11.5 Å². The smallest absolute Gasteiger partial charge is 0.477 e. The largest absolute Gasteiger partial charge is 0.573 e. The van der Waals surface area contributed by atoms with Gasteiger partial charge in [-0.2, -0.15) is 0 Å². The molecule has 0 heterocycles. The van der Waals surface area contributed by atoms with Crippen LogP contribution in [-0.4, -0.2) is 28.8 Å². The molecule has 0 unspecified atom stereocenters. The van der Waals surface area contributed by atoms with E-state index in [1.54, 1.807) is 13.8 Å². The third-order valence-corrected chi connectivity index (χ3v) is 4.66. The van der Waals surface area contributed by atoms with E-state index in [1.807, 2.05) is 26.0 Å². The number of carbonyl (C=O) groups is 1. The molecule has 2 rings (SSSR count). The lowest BCUT2D eigenvalue weighted by atomic mass is 9.98. The zero-order valence-electron chi connectivity index (χ0n) is 17.7. The number of benzene rings is 2. The fraction of sp³-hybridized carbons (Fsp3) is 0.364. The van der Waals surface area contributed by atoms with E-state index in [9.17, 15) is 23.2 Å². The van der Waals surface area contributed by atoms with E-state index in [0.29, 0.717) is 29.9 Å². The highest BCUT2D eigenvalue weighted by Crippen LogP contribution is 2.29. The molecule has 3 N–H and O–H groups in total. The molecule has 0 radical (unpaired) electrons. The summed E-state index contributed by atoms with van der Waals surface area (Å²) < 4.78 is 46.5. The van der Waals surface area contributed by atoms with Crippen molar-refractivity contribution in [2.45, 2.75) is 52.5 Å². The van der Waals surface area contributed by atoms with Crippen molar-refractivity contribution >= 4 is 11.6 Å². The number of primary amides is 1. The van der Waals surface area contributed by atoms with Crippen LogP contribution < -0.4 is 15.2 Å². The van der Waals surface area contributed by atoms with Gasteiger partial charge in [-0.05, 0) is 87.1 Å². The summed E-state index contributed by atoms with van der Waals surface area (Å²) in [6.45, 7) is 6.89. The predicted octanol–water partition coefficient (Wildman–Crippen LogP) is 4.66. The molecule has 168 valence electrons. The molecule has 0 fully saturated rings. The molecule has 0 bridgehead atoms. The fourth-order valence-corrected chi connectivity index (χ4v) is 3.01. The summed E-state index contributed by atoms with van der Waals surface area (Å²) in [6.07, 6.45) is -3.91. The molecular weight excluding hydrogens is 413 g/mol. The third kappa shape index (κ3) is 6.63. The first-order chi connectivity index (χ1) is 14.3. The number of aryl methyl sites for hydroxylation is 3. The normalized spacial score (nSPS) is 12.5. The van der Waals surface area contributed by atoms with E-state index < -0.39 is 17.9 Å². The van der Waals surface area contributed by atoms with Gasteiger partial charge < -0.3 is 20.4 Å². The monoisotopic (exact) mass is 438 g/mol. The second kappa shape index (κ2) is 9.28. The first kappa shape index (κ1) is 24.0. The lowest BCUT2D eigenvalue weighted by molar-refractivity contribution is -0.274. The van der Waals surface area contributed by atoms with Gasteiger partial charge in [0, 0.05) is 0 Å². The molecule has 0 saturated heterocycles. The number of nitrogens with zero attached hydrogens (tertiary/aromatic N) is 1. The highest BCUT2D eigenvalue weighted by molar-refractivity contribution is 6.00. The first-order valence-corrected chi connectivity index (χ1v) is 9.48. The molecule has 0 aliphatic carbocycles. The Kier molecular flexibility index (Phi) is 7.20. The minimum absolute atomic E-state index is 0.323. The summed E-state index contributed by atoms with van der Waals surface area (Å²) in [4.78, 5) is 11.5. The number of carbonyl (C=O) groups excluding carboxylic acids is 1. The van der Waals surface area contributed by atoms with E-state index in [1.165, 1.54) is 12.1 Å². The molecule has 0 saturated carbocycles. The van der Waals surface area contributed by atoms with Crippen molar-refractivity contribution in [3.63, 3.8) is 0 Å². The zero-order valence-corrected chi connectivity index (χ0v) is 17.7. The van der Waals surface area contributed by atoms with Crippen LogP contribution in [-0.2, 0) is 11.2 Å². The highest BCUT2D eigenvalue weighted by atomic mass is 19.4. The first-order valence-electron chi connectivity index (χ1n) is 9.48. The Hall–Kier alpha value is -3.23. The van der Waals surface area contributed by atoms with Crippen LogP contribution in [0.2, 0.25) is 0 Å². The number of halogens is 3. The molecule has 2 aromatic carbocycles. The fourth-order valence-electron chi connectivity index (χ4n) is 3.01. The second-order valence-corrected chi connectivity index (χ2v) is 7.65. The Morgan fingerprint density at radius 2 is 1.61 bits per heavy atom. The lowest BCUT2D eigenvalue weighted by Crippen LogP contribution is -2.43. The number of amides is 1. The quantitative estimate of drug-likeness (QED) is 0.356. The van der Waals surface area contributed by atoms with Crippen LogP contribution in [0.5, 0.6) is 11.5 Å². The van der Waals surface area contributed by atoms with E-state index in [2.05, 4.69) is 9.89 Å². The summed E-state index contributed by atoms with van der Waals surface area (Å²) in [5.74, 6) is -0.357. The van der Waals surface area contributed by atoms with Gasteiger partial charge in [-0.25, -0.2) is 0 Å². The molecule has 31 heavy (non-hydrogen) atoms. The van der Waals surface area contributed by atoms with E-state index in [4.69, 9.17) is 10.5 Å². The topological polar surface area (TPSA) is 94.1 Å². The SMILES string of the molecule is Cc1cc(CC/C(=N/O)c2ccc(OC(F)(F)F)cc2)cc(C)c1OC(C)(C)C(N)=O. The van der Waals surface area contributed by atoms with Crippen molar-refractivity contribution in [1.82, 2.24) is 0 Å². The van der Waals surface area contributed by atoms with Crippen LogP contribution >= 0.6 is 0 Å². The minimum atomic E-state index is -4.77. The number of ether oxygens (including phenoxy) is 2. The van der Waals surface area contributed by atoms with Gasteiger partial charge in [-0.1, -0.05) is 17.3 Å². The van der Waals surface area contributed by atoms with Crippen LogP contribution in [0, 0.1) is 13.8 Å². The van der Waals surface area contributed by atoms with Gasteiger partial charge in [-0.15, -0.1) is 13.2 Å². The average molecular weight is 438 g/mol. The lowest BCUT2D eigenvalue weighted by Gasteiger charge is -2.25. The number of oxime groups is 1. The molecule has 0 atom stereocenters. The maximum atomic E-state index is 12.3. The van der Waals surface area contributed by atoms with Crippen LogP contribution in [0.25, 0.3) is 0 Å². The minimum Gasteiger partial charge on any atom is -0.477 e. The number of rotatable bonds is 8. The standard InChI is InChI=1S/C22H25F3N2O4/c1-13-11-15(12-14(2)19(13)31-21(3,4)20(26)28)5-10-18(27-29)16-6-8-17(9-7-16)30-22(23,24)25/h6-9,11-12,29H,5,10H2,1-4H3,(H2,26,28)/b27-18-. The number of alkyl halides is 3. The Morgan fingerprint density at radius 1 is 1.06 bits per heavy atom. The summed E-state index contributed by atoms with van der Waals surface area (Å²) in [6, 6.07) is 8.91. The molecule has 6 nitrogen and oxygen atoms in total. The van der Waals surface area contributed by atoms with Crippen LogP contribution in [0.15, 0.2) is 41.6 Å². The molecule has 0 aliphatic heterocycles. The zero-order chi connectivity index (χ0) is 23.4. The number of nitrogens with two attached hydrogens (primary N) is 1. The molecule has 0 aromatic heterocycles. The number of hydrogen-bond acceptors (Lipinski definition) is 5. The van der Waals surface area contributed by atoms with Gasteiger partial charge in [0.2, 0.25) is 0 Å². The summed E-state index contributed by atoms with van der Waals surface area (Å²) in [5.41, 5.74) is 7.60. The summed E-state index contributed by atoms with van der Waals surface area (Å²) >= 11 is 0. The van der Waals surface area contributed by atoms with Gasteiger partial charge in [0.1, 0.15) is 11.5 Å². The summed E-state index contributed by atoms with van der Waals surface area (Å²) in [5, 5.41) is 12.6. The Morgan fingerprint density at radius 3 is 2.06 bits per heavy atom. The van der Waals surface area contributed by atoms with Crippen LogP contribution in [0.4, 0.5) is 13.2 Å². The Labute approximate surface area is 178 Å². The number of hydrogen-bond donors (Lipinski definition) is 2. The predicted molar refractivity (Wildman–Crippen MR) is 110 cm³/mol. The van der Waals surface area contributed by atoms with E-state index >= 15 is 0 Å². The molecule has 1 amide bonds. The molecule has 2 aromatic rings. The van der Waals surface area contributed by atoms with E-state index in [-0.39, 0.29) is 5.75 Å². The molecule has 0 spiro atoms. The summed E-state index contributed by atoms with van der Waals surface area (Å²) in [7, 11) is 0. The Bertz CT molecular complexity index is 945. The van der Waals surface area contributed by atoms with Crippen molar-refractivity contribution in [1.29, 1.82) is 0 Å². The van der Waals surface area contributed by atoms with Gasteiger partial charge in [0.15, 0.2) is 5.60 Å². The highest BCUT2D eigenvalue weighted by Gasteiger charge is 2.31. The van der Waals surface area contributed by atoms with E-state index in [0.717, 1.165) is 28.8 Å². The van der Waals surface area contributed by atoms with Gasteiger partial charge in [0.05, 0.1) is 5.71 Å².